The molecule has 0 amide bonds. The van der Waals surface area contributed by atoms with Gasteiger partial charge in [-0.15, -0.1) is 0 Å². The second-order valence-corrected chi connectivity index (χ2v) is 5.59. The highest BCUT2D eigenvalue weighted by molar-refractivity contribution is 6.33. The molecule has 2 heterocycles. The highest BCUT2D eigenvalue weighted by Gasteiger charge is 2.15. The average Bonchev–Trinajstić information content (AvgIpc) is 2.98. The molecular weight excluding hydrogens is 290 g/mol. The summed E-state index contributed by atoms with van der Waals surface area (Å²) in [6.45, 7) is 2.06. The number of benzene rings is 1. The number of rotatable bonds is 3. The first-order chi connectivity index (χ1) is 10.1. The number of nitrogens with one attached hydrogen (secondary N) is 1. The molecule has 0 saturated carbocycles. The largest absolute Gasteiger partial charge is 0.477 e. The van der Waals surface area contributed by atoms with E-state index in [-0.39, 0.29) is 5.69 Å². The summed E-state index contributed by atoms with van der Waals surface area (Å²) in [7, 11) is 0. The molecule has 6 heteroatoms. The molecule has 0 atom stereocenters. The molecule has 1 fully saturated rings. The molecule has 3 rings (SSSR count). The van der Waals surface area contributed by atoms with Gasteiger partial charge in [-0.3, -0.25) is 5.10 Å². The fraction of sp³-hybridized carbons (Fsp3) is 0.333. The highest BCUT2D eigenvalue weighted by Crippen LogP contribution is 2.32. The van der Waals surface area contributed by atoms with Crippen molar-refractivity contribution in [3.63, 3.8) is 0 Å². The minimum absolute atomic E-state index is 0.0706. The van der Waals surface area contributed by atoms with Gasteiger partial charge in [0.1, 0.15) is 5.69 Å². The van der Waals surface area contributed by atoms with Gasteiger partial charge in [0.2, 0.25) is 0 Å². The molecule has 21 heavy (non-hydrogen) atoms. The van der Waals surface area contributed by atoms with Crippen LogP contribution in [0.5, 0.6) is 0 Å². The van der Waals surface area contributed by atoms with Crippen molar-refractivity contribution in [2.75, 3.05) is 18.0 Å². The van der Waals surface area contributed by atoms with Crippen LogP contribution in [0.2, 0.25) is 5.02 Å². The molecule has 0 aliphatic carbocycles. The van der Waals surface area contributed by atoms with Gasteiger partial charge in [-0.05, 0) is 37.5 Å². The van der Waals surface area contributed by atoms with Gasteiger partial charge in [0.15, 0.2) is 0 Å². The summed E-state index contributed by atoms with van der Waals surface area (Å²) in [6.07, 6.45) is 3.66. The van der Waals surface area contributed by atoms with E-state index < -0.39 is 5.97 Å². The van der Waals surface area contributed by atoms with Crippen molar-refractivity contribution in [3.8, 4) is 11.3 Å². The molecule has 2 aromatic rings. The number of carbonyl (C=O) groups is 1. The van der Waals surface area contributed by atoms with E-state index in [4.69, 9.17) is 16.7 Å². The SMILES string of the molecule is O=C(O)c1cc(-c2ccc(N3CCCCC3)c(Cl)c2)n[nH]1. The Morgan fingerprint density at radius 3 is 2.62 bits per heavy atom. The second-order valence-electron chi connectivity index (χ2n) is 5.19. The lowest BCUT2D eigenvalue weighted by Gasteiger charge is -2.29. The zero-order chi connectivity index (χ0) is 14.8. The topological polar surface area (TPSA) is 69.2 Å². The summed E-state index contributed by atoms with van der Waals surface area (Å²) in [4.78, 5) is 13.2. The molecule has 1 aromatic carbocycles. The standard InChI is InChI=1S/C15H16ClN3O2/c16-11-8-10(12-9-13(15(20)21)18-17-12)4-5-14(11)19-6-2-1-3-7-19/h4-5,8-9H,1-3,6-7H2,(H,17,18)(H,20,21). The van der Waals surface area contributed by atoms with Gasteiger partial charge >= 0.3 is 5.97 Å². The van der Waals surface area contributed by atoms with Gasteiger partial charge in [0.25, 0.3) is 0 Å². The van der Waals surface area contributed by atoms with Crippen molar-refractivity contribution in [3.05, 3.63) is 35.0 Å². The van der Waals surface area contributed by atoms with Gasteiger partial charge in [-0.25, -0.2) is 4.79 Å². The number of nitrogens with zero attached hydrogens (tertiary/aromatic N) is 2. The van der Waals surface area contributed by atoms with Crippen LogP contribution in [0.1, 0.15) is 29.8 Å². The maximum atomic E-state index is 10.9. The van der Waals surface area contributed by atoms with Gasteiger partial charge < -0.3 is 10.0 Å². The number of aromatic carboxylic acids is 1. The Morgan fingerprint density at radius 2 is 2.00 bits per heavy atom. The highest BCUT2D eigenvalue weighted by atomic mass is 35.5. The van der Waals surface area contributed by atoms with Crippen LogP contribution in [0.25, 0.3) is 11.3 Å². The molecule has 1 saturated heterocycles. The summed E-state index contributed by atoms with van der Waals surface area (Å²) in [5.74, 6) is -1.02. The van der Waals surface area contributed by atoms with Crippen molar-refractivity contribution in [2.24, 2.45) is 0 Å². The number of H-pyrrole nitrogens is 1. The lowest BCUT2D eigenvalue weighted by Crippen LogP contribution is -2.29. The third-order valence-corrected chi connectivity index (χ3v) is 4.05. The van der Waals surface area contributed by atoms with Crippen LogP contribution < -0.4 is 4.90 Å². The minimum Gasteiger partial charge on any atom is -0.477 e. The van der Waals surface area contributed by atoms with Gasteiger partial charge in [0, 0.05) is 18.7 Å². The van der Waals surface area contributed by atoms with Crippen molar-refractivity contribution in [2.45, 2.75) is 19.3 Å². The third kappa shape index (κ3) is 2.88. The van der Waals surface area contributed by atoms with E-state index in [1.54, 1.807) is 0 Å². The summed E-state index contributed by atoms with van der Waals surface area (Å²) in [6, 6.07) is 7.26. The lowest BCUT2D eigenvalue weighted by atomic mass is 10.1. The van der Waals surface area contributed by atoms with Crippen LogP contribution in [0.4, 0.5) is 5.69 Å². The lowest BCUT2D eigenvalue weighted by molar-refractivity contribution is 0.0690. The fourth-order valence-corrected chi connectivity index (χ4v) is 2.94. The predicted molar refractivity (Wildman–Crippen MR) is 82.1 cm³/mol. The normalized spacial score (nSPS) is 15.2. The Bertz CT molecular complexity index is 663. The van der Waals surface area contributed by atoms with Crippen LogP contribution in [0, 0.1) is 0 Å². The Balaban J connectivity index is 1.87. The molecule has 0 radical (unpaired) electrons. The van der Waals surface area contributed by atoms with Crippen LogP contribution in [-0.4, -0.2) is 34.4 Å². The Kier molecular flexibility index (Phi) is 3.84. The number of hydrogen-bond acceptors (Lipinski definition) is 3. The van der Waals surface area contributed by atoms with Crippen LogP contribution in [0.3, 0.4) is 0 Å². The first kappa shape index (κ1) is 13.9. The Hall–Kier alpha value is -2.01. The zero-order valence-electron chi connectivity index (χ0n) is 11.5. The number of aromatic nitrogens is 2. The number of anilines is 1. The number of aromatic amines is 1. The quantitative estimate of drug-likeness (QED) is 0.911. The van der Waals surface area contributed by atoms with Crippen molar-refractivity contribution < 1.29 is 9.90 Å². The molecular formula is C15H16ClN3O2. The van der Waals surface area contributed by atoms with E-state index in [2.05, 4.69) is 15.1 Å². The smallest absolute Gasteiger partial charge is 0.353 e. The van der Waals surface area contributed by atoms with Gasteiger partial charge in [-0.2, -0.15) is 5.10 Å². The van der Waals surface area contributed by atoms with E-state index in [1.165, 1.54) is 25.3 Å². The second kappa shape index (κ2) is 5.77. The number of carboxylic acid groups (broad SMARTS) is 1. The summed E-state index contributed by atoms with van der Waals surface area (Å²) < 4.78 is 0. The first-order valence-electron chi connectivity index (χ1n) is 6.99. The Morgan fingerprint density at radius 1 is 1.24 bits per heavy atom. The minimum atomic E-state index is -1.02. The third-order valence-electron chi connectivity index (χ3n) is 3.75. The van der Waals surface area contributed by atoms with E-state index in [0.717, 1.165) is 24.3 Å². The zero-order valence-corrected chi connectivity index (χ0v) is 12.2. The molecule has 1 aliphatic rings. The van der Waals surface area contributed by atoms with E-state index in [9.17, 15) is 4.79 Å². The van der Waals surface area contributed by atoms with Gasteiger partial charge in [0.05, 0.1) is 16.4 Å². The van der Waals surface area contributed by atoms with E-state index >= 15 is 0 Å². The van der Waals surface area contributed by atoms with E-state index in [0.29, 0.717) is 10.7 Å². The maximum Gasteiger partial charge on any atom is 0.353 e. The van der Waals surface area contributed by atoms with Crippen LogP contribution in [-0.2, 0) is 0 Å². The number of hydrogen-bond donors (Lipinski definition) is 2. The summed E-state index contributed by atoms with van der Waals surface area (Å²) in [5, 5.41) is 16.1. The molecule has 0 spiro atoms. The number of piperidine rings is 1. The van der Waals surface area contributed by atoms with Crippen LogP contribution in [0.15, 0.2) is 24.3 Å². The summed E-state index contributed by atoms with van der Waals surface area (Å²) >= 11 is 6.39. The maximum absolute atomic E-state index is 10.9. The molecule has 1 aromatic heterocycles. The number of halogens is 1. The molecule has 2 N–H and O–H groups in total. The molecule has 0 unspecified atom stereocenters. The summed E-state index contributed by atoms with van der Waals surface area (Å²) in [5.41, 5.74) is 2.50. The molecule has 5 nitrogen and oxygen atoms in total. The number of carboxylic acids is 1. The predicted octanol–water partition coefficient (Wildman–Crippen LogP) is 3.42. The Labute approximate surface area is 127 Å². The van der Waals surface area contributed by atoms with Crippen molar-refractivity contribution >= 4 is 23.3 Å². The van der Waals surface area contributed by atoms with Crippen molar-refractivity contribution in [1.82, 2.24) is 10.2 Å². The average molecular weight is 306 g/mol. The first-order valence-corrected chi connectivity index (χ1v) is 7.36. The van der Waals surface area contributed by atoms with Crippen molar-refractivity contribution in [1.29, 1.82) is 0 Å². The molecule has 110 valence electrons. The molecule has 0 bridgehead atoms. The van der Waals surface area contributed by atoms with Gasteiger partial charge in [-0.1, -0.05) is 17.7 Å². The fourth-order valence-electron chi connectivity index (χ4n) is 2.64. The molecule has 1 aliphatic heterocycles. The van der Waals surface area contributed by atoms with Crippen LogP contribution >= 0.6 is 11.6 Å². The van der Waals surface area contributed by atoms with E-state index in [1.807, 2.05) is 18.2 Å². The monoisotopic (exact) mass is 305 g/mol.